The molecule has 1 aliphatic rings. The van der Waals surface area contributed by atoms with Gasteiger partial charge >= 0.3 is 0 Å². The monoisotopic (exact) mass is 474 g/mol. The minimum atomic E-state index is -0.628. The number of aromatic nitrogens is 1. The van der Waals surface area contributed by atoms with Gasteiger partial charge in [0.05, 0.1) is 17.0 Å². The van der Waals surface area contributed by atoms with Crippen LogP contribution in [0, 0.1) is 20.8 Å². The van der Waals surface area contributed by atoms with E-state index in [1.165, 1.54) is 0 Å². The van der Waals surface area contributed by atoms with E-state index in [-0.39, 0.29) is 17.1 Å². The lowest BCUT2D eigenvalue weighted by atomic mass is 9.97. The van der Waals surface area contributed by atoms with Crippen molar-refractivity contribution in [3.05, 3.63) is 103 Å². The molecule has 5 rings (SSSR count). The summed E-state index contributed by atoms with van der Waals surface area (Å²) < 4.78 is 6.93. The Bertz CT molecular complexity index is 1440. The Kier molecular flexibility index (Phi) is 4.55. The molecule has 2 aromatic carbocycles. The first-order valence-electron chi connectivity index (χ1n) is 9.96. The maximum absolute atomic E-state index is 13.7. The lowest BCUT2D eigenvalue weighted by Gasteiger charge is -2.24. The number of pyridine rings is 1. The van der Waals surface area contributed by atoms with Crippen molar-refractivity contribution in [1.82, 2.24) is 4.98 Å². The fraction of sp³-hybridized carbons (Fsp3) is 0.160. The van der Waals surface area contributed by atoms with Crippen molar-refractivity contribution in [2.45, 2.75) is 26.8 Å². The van der Waals surface area contributed by atoms with Crippen LogP contribution in [0.3, 0.4) is 0 Å². The number of hydrogen-bond donors (Lipinski definition) is 0. The van der Waals surface area contributed by atoms with Crippen LogP contribution in [0.5, 0.6) is 0 Å². The van der Waals surface area contributed by atoms with Crippen LogP contribution in [0.2, 0.25) is 0 Å². The zero-order valence-electron chi connectivity index (χ0n) is 17.3. The number of fused-ring (bicyclic) bond motifs is 2. The Hall–Kier alpha value is -3.25. The molecule has 0 aliphatic carbocycles. The third kappa shape index (κ3) is 3.10. The Morgan fingerprint density at radius 3 is 2.45 bits per heavy atom. The Morgan fingerprint density at radius 1 is 0.968 bits per heavy atom. The van der Waals surface area contributed by atoms with Crippen LogP contribution in [0.1, 0.15) is 44.5 Å². The molecular formula is C25H19BrN2O3. The molecule has 31 heavy (non-hydrogen) atoms. The van der Waals surface area contributed by atoms with Crippen LogP contribution in [0.4, 0.5) is 5.82 Å². The fourth-order valence-corrected chi connectivity index (χ4v) is 4.54. The second-order valence-corrected chi connectivity index (χ2v) is 8.79. The molecule has 1 unspecified atom stereocenters. The molecule has 154 valence electrons. The summed E-state index contributed by atoms with van der Waals surface area (Å²) in [5.41, 5.74) is 4.18. The lowest BCUT2D eigenvalue weighted by molar-refractivity contribution is 0.0970. The van der Waals surface area contributed by atoms with E-state index in [4.69, 9.17) is 4.42 Å². The third-order valence-electron chi connectivity index (χ3n) is 5.77. The minimum Gasteiger partial charge on any atom is -0.450 e. The molecule has 0 saturated heterocycles. The highest BCUT2D eigenvalue weighted by molar-refractivity contribution is 9.10. The zero-order chi connectivity index (χ0) is 21.9. The normalized spacial score (nSPS) is 15.5. The quantitative estimate of drug-likeness (QED) is 0.377. The number of carbonyl (C=O) groups excluding carboxylic acids is 1. The fourth-order valence-electron chi connectivity index (χ4n) is 4.12. The third-order valence-corrected chi connectivity index (χ3v) is 6.26. The van der Waals surface area contributed by atoms with E-state index in [0.717, 1.165) is 26.9 Å². The van der Waals surface area contributed by atoms with Gasteiger partial charge in [0, 0.05) is 10.2 Å². The van der Waals surface area contributed by atoms with Gasteiger partial charge in [-0.15, -0.1) is 0 Å². The van der Waals surface area contributed by atoms with Crippen LogP contribution in [0.15, 0.2) is 68.3 Å². The van der Waals surface area contributed by atoms with E-state index >= 15 is 0 Å². The van der Waals surface area contributed by atoms with Crippen LogP contribution in [-0.4, -0.2) is 10.9 Å². The summed E-state index contributed by atoms with van der Waals surface area (Å²) in [6.07, 6.45) is 0. The predicted molar refractivity (Wildman–Crippen MR) is 124 cm³/mol. The largest absolute Gasteiger partial charge is 0.450 e. The molecule has 2 aromatic heterocycles. The summed E-state index contributed by atoms with van der Waals surface area (Å²) in [4.78, 5) is 33.4. The Balaban J connectivity index is 1.85. The number of amides is 1. The SMILES string of the molecule is Cc1cccc(N2C(=O)c3oc4cc(C)c(C)cc4c(=O)c3C2c2cccc(Br)c2)n1. The topological polar surface area (TPSA) is 63.4 Å². The molecule has 1 amide bonds. The highest BCUT2D eigenvalue weighted by Crippen LogP contribution is 2.41. The van der Waals surface area contributed by atoms with Gasteiger partial charge in [-0.3, -0.25) is 14.5 Å². The Morgan fingerprint density at radius 2 is 1.71 bits per heavy atom. The lowest BCUT2D eigenvalue weighted by Crippen LogP contribution is -2.30. The average molecular weight is 475 g/mol. The van der Waals surface area contributed by atoms with Crippen molar-refractivity contribution in [1.29, 1.82) is 0 Å². The van der Waals surface area contributed by atoms with Gasteiger partial charge in [-0.25, -0.2) is 4.98 Å². The molecule has 0 radical (unpaired) electrons. The predicted octanol–water partition coefficient (Wildman–Crippen LogP) is 5.63. The second-order valence-electron chi connectivity index (χ2n) is 7.88. The van der Waals surface area contributed by atoms with Crippen LogP contribution in [0.25, 0.3) is 11.0 Å². The molecule has 0 saturated carbocycles. The van der Waals surface area contributed by atoms with Gasteiger partial charge in [-0.05, 0) is 73.9 Å². The van der Waals surface area contributed by atoms with E-state index in [9.17, 15) is 9.59 Å². The van der Waals surface area contributed by atoms with Crippen molar-refractivity contribution in [2.75, 3.05) is 4.90 Å². The number of halogens is 1. The van der Waals surface area contributed by atoms with E-state index in [2.05, 4.69) is 20.9 Å². The first-order valence-corrected chi connectivity index (χ1v) is 10.7. The molecule has 4 aromatic rings. The van der Waals surface area contributed by atoms with Crippen molar-refractivity contribution < 1.29 is 9.21 Å². The molecule has 0 spiro atoms. The number of anilines is 1. The molecule has 1 aliphatic heterocycles. The number of carbonyl (C=O) groups is 1. The van der Waals surface area contributed by atoms with E-state index < -0.39 is 6.04 Å². The first kappa shape index (κ1) is 19.7. The number of nitrogens with zero attached hydrogens (tertiary/aromatic N) is 2. The van der Waals surface area contributed by atoms with Gasteiger partial charge in [-0.2, -0.15) is 0 Å². The maximum Gasteiger partial charge on any atom is 0.296 e. The van der Waals surface area contributed by atoms with Gasteiger partial charge in [0.25, 0.3) is 5.91 Å². The molecule has 6 heteroatoms. The molecule has 0 fully saturated rings. The molecule has 3 heterocycles. The van der Waals surface area contributed by atoms with Crippen molar-refractivity contribution >= 4 is 38.6 Å². The summed E-state index contributed by atoms with van der Waals surface area (Å²) in [5.74, 6) is 0.196. The number of benzene rings is 2. The summed E-state index contributed by atoms with van der Waals surface area (Å²) in [6.45, 7) is 5.78. The van der Waals surface area contributed by atoms with Gasteiger partial charge < -0.3 is 4.42 Å². The first-order chi connectivity index (χ1) is 14.8. The summed E-state index contributed by atoms with van der Waals surface area (Å²) in [5, 5.41) is 0.480. The maximum atomic E-state index is 13.7. The summed E-state index contributed by atoms with van der Waals surface area (Å²) in [6, 6.07) is 16.2. The number of hydrogen-bond acceptors (Lipinski definition) is 4. The number of aryl methyl sites for hydroxylation is 3. The van der Waals surface area contributed by atoms with Crippen LogP contribution in [-0.2, 0) is 0 Å². The van der Waals surface area contributed by atoms with Crippen molar-refractivity contribution in [2.24, 2.45) is 0 Å². The highest BCUT2D eigenvalue weighted by atomic mass is 79.9. The highest BCUT2D eigenvalue weighted by Gasteiger charge is 2.44. The van der Waals surface area contributed by atoms with E-state index in [1.807, 2.05) is 69.3 Å². The van der Waals surface area contributed by atoms with Crippen molar-refractivity contribution in [3.63, 3.8) is 0 Å². The van der Waals surface area contributed by atoms with Gasteiger partial charge in [0.15, 0.2) is 5.43 Å². The average Bonchev–Trinajstić information content (AvgIpc) is 3.02. The Labute approximate surface area is 187 Å². The van der Waals surface area contributed by atoms with Gasteiger partial charge in [0.1, 0.15) is 11.4 Å². The van der Waals surface area contributed by atoms with E-state index in [1.54, 1.807) is 11.0 Å². The second kappa shape index (κ2) is 7.17. The molecular weight excluding hydrogens is 456 g/mol. The van der Waals surface area contributed by atoms with Gasteiger partial charge in [0.2, 0.25) is 5.76 Å². The van der Waals surface area contributed by atoms with Crippen LogP contribution < -0.4 is 10.3 Å². The molecule has 1 atom stereocenters. The van der Waals surface area contributed by atoms with Crippen LogP contribution >= 0.6 is 15.9 Å². The standard InChI is InChI=1S/C25H19BrN2O3/c1-13-10-18-19(11-14(13)2)31-24-21(23(18)29)22(16-7-5-8-17(26)12-16)28(25(24)30)20-9-4-6-15(3)27-20/h4-12,22H,1-3H3. The minimum absolute atomic E-state index is 0.0778. The summed E-state index contributed by atoms with van der Waals surface area (Å²) in [7, 11) is 0. The zero-order valence-corrected chi connectivity index (χ0v) is 18.9. The van der Waals surface area contributed by atoms with Crippen molar-refractivity contribution in [3.8, 4) is 0 Å². The summed E-state index contributed by atoms with van der Waals surface area (Å²) >= 11 is 3.51. The molecule has 0 bridgehead atoms. The van der Waals surface area contributed by atoms with E-state index in [0.29, 0.717) is 22.4 Å². The van der Waals surface area contributed by atoms with Gasteiger partial charge in [-0.1, -0.05) is 34.1 Å². The molecule has 0 N–H and O–H groups in total. The number of rotatable bonds is 2. The molecule has 5 nitrogen and oxygen atoms in total. The smallest absolute Gasteiger partial charge is 0.296 e.